The van der Waals surface area contributed by atoms with E-state index in [9.17, 15) is 0 Å². The second-order valence-corrected chi connectivity index (χ2v) is 4.65. The largest absolute Gasteiger partial charge is 0.354 e. The lowest BCUT2D eigenvalue weighted by Gasteiger charge is -2.08. The zero-order chi connectivity index (χ0) is 14.7. The van der Waals surface area contributed by atoms with Gasteiger partial charge in [0.15, 0.2) is 5.82 Å². The van der Waals surface area contributed by atoms with Crippen molar-refractivity contribution in [2.75, 3.05) is 11.9 Å². The molecule has 3 rings (SSSR count). The zero-order valence-corrected chi connectivity index (χ0v) is 12.0. The van der Waals surface area contributed by atoms with Crippen LogP contribution in [-0.2, 0) is 0 Å². The third-order valence-corrected chi connectivity index (χ3v) is 2.97. The minimum atomic E-state index is 0.551. The molecule has 2 heterocycles. The molecule has 6 heteroatoms. The van der Waals surface area contributed by atoms with E-state index >= 15 is 0 Å². The van der Waals surface area contributed by atoms with Crippen molar-refractivity contribution >= 4 is 5.95 Å². The van der Waals surface area contributed by atoms with Crippen molar-refractivity contribution in [2.45, 2.75) is 13.8 Å². The molecule has 0 spiro atoms. The minimum Gasteiger partial charge on any atom is -0.354 e. The van der Waals surface area contributed by atoms with Crippen LogP contribution in [0, 0.1) is 6.92 Å². The molecule has 0 aliphatic heterocycles. The maximum absolute atomic E-state index is 4.53. The van der Waals surface area contributed by atoms with Crippen molar-refractivity contribution in [1.29, 1.82) is 0 Å². The standard InChI is InChI=1S/C15H16N6/c1-3-17-14-18-13(12-6-4-5-11(2)9-12)19-15(20-14)21-8-7-16-10-21/h4-10H,3H2,1-2H3,(H,17,18,19,20). The number of aromatic nitrogens is 5. The number of nitrogens with one attached hydrogen (secondary N) is 1. The van der Waals surface area contributed by atoms with Crippen molar-refractivity contribution in [3.05, 3.63) is 48.5 Å². The zero-order valence-electron chi connectivity index (χ0n) is 12.0. The second-order valence-electron chi connectivity index (χ2n) is 4.65. The number of benzene rings is 1. The van der Waals surface area contributed by atoms with Crippen molar-refractivity contribution in [1.82, 2.24) is 24.5 Å². The summed E-state index contributed by atoms with van der Waals surface area (Å²) < 4.78 is 1.77. The van der Waals surface area contributed by atoms with Crippen LogP contribution in [-0.4, -0.2) is 31.0 Å². The monoisotopic (exact) mass is 280 g/mol. The Bertz CT molecular complexity index is 736. The molecular weight excluding hydrogens is 264 g/mol. The van der Waals surface area contributed by atoms with Crippen molar-refractivity contribution < 1.29 is 0 Å². The van der Waals surface area contributed by atoms with Gasteiger partial charge in [-0.05, 0) is 19.9 Å². The van der Waals surface area contributed by atoms with Gasteiger partial charge in [-0.3, -0.25) is 4.57 Å². The highest BCUT2D eigenvalue weighted by Crippen LogP contribution is 2.18. The van der Waals surface area contributed by atoms with Gasteiger partial charge in [-0.25, -0.2) is 4.98 Å². The van der Waals surface area contributed by atoms with Gasteiger partial charge in [-0.2, -0.15) is 15.0 Å². The minimum absolute atomic E-state index is 0.551. The molecule has 0 saturated carbocycles. The summed E-state index contributed by atoms with van der Waals surface area (Å²) >= 11 is 0. The summed E-state index contributed by atoms with van der Waals surface area (Å²) in [7, 11) is 0. The molecule has 0 bridgehead atoms. The molecule has 0 amide bonds. The van der Waals surface area contributed by atoms with E-state index in [2.05, 4.69) is 31.3 Å². The molecule has 2 aromatic heterocycles. The van der Waals surface area contributed by atoms with Gasteiger partial charge in [0.05, 0.1) is 0 Å². The fraction of sp³-hybridized carbons (Fsp3) is 0.200. The Morgan fingerprint density at radius 3 is 2.81 bits per heavy atom. The van der Waals surface area contributed by atoms with E-state index in [1.807, 2.05) is 38.2 Å². The van der Waals surface area contributed by atoms with Crippen LogP contribution >= 0.6 is 0 Å². The third kappa shape index (κ3) is 2.89. The highest BCUT2D eigenvalue weighted by molar-refractivity contribution is 5.58. The van der Waals surface area contributed by atoms with Gasteiger partial charge < -0.3 is 5.32 Å². The summed E-state index contributed by atoms with van der Waals surface area (Å²) in [5, 5.41) is 3.14. The van der Waals surface area contributed by atoms with Crippen LogP contribution in [0.15, 0.2) is 43.0 Å². The summed E-state index contributed by atoms with van der Waals surface area (Å²) in [4.78, 5) is 17.4. The highest BCUT2D eigenvalue weighted by Gasteiger charge is 2.09. The van der Waals surface area contributed by atoms with Gasteiger partial charge in [0.1, 0.15) is 6.33 Å². The van der Waals surface area contributed by atoms with E-state index in [4.69, 9.17) is 0 Å². The summed E-state index contributed by atoms with van der Waals surface area (Å²) in [6.45, 7) is 4.81. The summed E-state index contributed by atoms with van der Waals surface area (Å²) in [5.41, 5.74) is 2.14. The van der Waals surface area contributed by atoms with Crippen LogP contribution in [0.4, 0.5) is 5.95 Å². The Balaban J connectivity index is 2.11. The molecule has 6 nitrogen and oxygen atoms in total. The quantitative estimate of drug-likeness (QED) is 0.795. The van der Waals surface area contributed by atoms with Gasteiger partial charge in [0.2, 0.25) is 11.9 Å². The predicted molar refractivity (Wildman–Crippen MR) is 81.3 cm³/mol. The van der Waals surface area contributed by atoms with Gasteiger partial charge in [-0.1, -0.05) is 23.8 Å². The predicted octanol–water partition coefficient (Wildman–Crippen LogP) is 2.46. The van der Waals surface area contributed by atoms with Crippen LogP contribution in [0.5, 0.6) is 0 Å². The van der Waals surface area contributed by atoms with Crippen molar-refractivity contribution in [3.63, 3.8) is 0 Å². The van der Waals surface area contributed by atoms with Gasteiger partial charge in [-0.15, -0.1) is 0 Å². The van der Waals surface area contributed by atoms with Gasteiger partial charge in [0.25, 0.3) is 0 Å². The molecule has 0 aliphatic rings. The molecule has 0 fully saturated rings. The van der Waals surface area contributed by atoms with Gasteiger partial charge in [0, 0.05) is 24.5 Å². The molecule has 0 atom stereocenters. The first-order valence-electron chi connectivity index (χ1n) is 6.81. The number of imidazole rings is 1. The summed E-state index contributed by atoms with van der Waals surface area (Å²) in [6, 6.07) is 8.10. The number of hydrogen-bond acceptors (Lipinski definition) is 5. The number of anilines is 1. The number of rotatable bonds is 4. The lowest BCUT2D eigenvalue weighted by Crippen LogP contribution is -2.09. The average Bonchev–Trinajstić information content (AvgIpc) is 3.01. The molecule has 1 N–H and O–H groups in total. The lowest BCUT2D eigenvalue weighted by atomic mass is 10.1. The SMILES string of the molecule is CCNc1nc(-c2cccc(C)c2)nc(-n2ccnc2)n1. The Labute approximate surface area is 122 Å². The molecule has 1 aromatic carbocycles. The molecule has 106 valence electrons. The van der Waals surface area contributed by atoms with E-state index in [1.165, 1.54) is 5.56 Å². The molecule has 3 aromatic rings. The van der Waals surface area contributed by atoms with E-state index in [1.54, 1.807) is 17.1 Å². The molecule has 0 saturated heterocycles. The number of aryl methyl sites for hydroxylation is 1. The summed E-state index contributed by atoms with van der Waals surface area (Å²) in [6.07, 6.45) is 5.18. The normalized spacial score (nSPS) is 10.6. The molecule has 0 radical (unpaired) electrons. The van der Waals surface area contributed by atoms with Gasteiger partial charge >= 0.3 is 0 Å². The number of hydrogen-bond donors (Lipinski definition) is 1. The maximum Gasteiger partial charge on any atom is 0.240 e. The van der Waals surface area contributed by atoms with Crippen molar-refractivity contribution in [2.24, 2.45) is 0 Å². The smallest absolute Gasteiger partial charge is 0.240 e. The van der Waals surface area contributed by atoms with Crippen LogP contribution in [0.1, 0.15) is 12.5 Å². The first kappa shape index (κ1) is 13.2. The topological polar surface area (TPSA) is 68.5 Å². The second kappa shape index (κ2) is 5.70. The van der Waals surface area contributed by atoms with E-state index in [0.29, 0.717) is 17.7 Å². The van der Waals surface area contributed by atoms with E-state index in [-0.39, 0.29) is 0 Å². The molecule has 0 aliphatic carbocycles. The van der Waals surface area contributed by atoms with Crippen LogP contribution in [0.25, 0.3) is 17.3 Å². The average molecular weight is 280 g/mol. The highest BCUT2D eigenvalue weighted by atomic mass is 15.2. The maximum atomic E-state index is 4.53. The fourth-order valence-corrected chi connectivity index (χ4v) is 2.01. The first-order chi connectivity index (χ1) is 10.3. The molecule has 0 unspecified atom stereocenters. The van der Waals surface area contributed by atoms with E-state index < -0.39 is 0 Å². The fourth-order valence-electron chi connectivity index (χ4n) is 2.01. The Morgan fingerprint density at radius 2 is 2.10 bits per heavy atom. The Hall–Kier alpha value is -2.76. The molecular formula is C15H16N6. The lowest BCUT2D eigenvalue weighted by molar-refractivity contribution is 0.896. The Kier molecular flexibility index (Phi) is 3.59. The third-order valence-electron chi connectivity index (χ3n) is 2.97. The summed E-state index contributed by atoms with van der Waals surface area (Å²) in [5.74, 6) is 1.76. The van der Waals surface area contributed by atoms with Crippen LogP contribution in [0.3, 0.4) is 0 Å². The van der Waals surface area contributed by atoms with Crippen LogP contribution < -0.4 is 5.32 Å². The van der Waals surface area contributed by atoms with Crippen LogP contribution in [0.2, 0.25) is 0 Å². The Morgan fingerprint density at radius 1 is 1.19 bits per heavy atom. The number of nitrogens with zero attached hydrogens (tertiary/aromatic N) is 5. The van der Waals surface area contributed by atoms with E-state index in [0.717, 1.165) is 12.1 Å². The molecule has 21 heavy (non-hydrogen) atoms. The first-order valence-corrected chi connectivity index (χ1v) is 6.81. The van der Waals surface area contributed by atoms with Crippen molar-refractivity contribution in [3.8, 4) is 17.3 Å².